The highest BCUT2D eigenvalue weighted by Crippen LogP contribution is 2.34. The summed E-state index contributed by atoms with van der Waals surface area (Å²) in [5.41, 5.74) is 0. The van der Waals surface area contributed by atoms with Gasteiger partial charge in [-0.2, -0.15) is 0 Å². The van der Waals surface area contributed by atoms with Crippen LogP contribution in [0.4, 0.5) is 0 Å². The molecule has 1 aliphatic rings. The molecule has 1 aromatic rings. The maximum atomic E-state index is 5.66. The quantitative estimate of drug-likeness (QED) is 0.295. The van der Waals surface area contributed by atoms with E-state index in [1.807, 2.05) is 37.4 Å². The number of nitrogens with one attached hydrogen (secondary N) is 2. The molecule has 124 valence electrons. The van der Waals surface area contributed by atoms with Crippen LogP contribution in [0.1, 0.15) is 32.6 Å². The minimum Gasteiger partial charge on any atom is -0.494 e. The Labute approximate surface area is 151 Å². The Hall–Kier alpha value is -0.980. The van der Waals surface area contributed by atoms with Crippen molar-refractivity contribution in [3.63, 3.8) is 0 Å². The van der Waals surface area contributed by atoms with Gasteiger partial charge in [-0.3, -0.25) is 4.99 Å². The second-order valence-electron chi connectivity index (χ2n) is 5.55. The summed E-state index contributed by atoms with van der Waals surface area (Å²) >= 11 is 0. The van der Waals surface area contributed by atoms with Gasteiger partial charge in [0.1, 0.15) is 5.75 Å². The van der Waals surface area contributed by atoms with Crippen LogP contribution in [0.25, 0.3) is 0 Å². The largest absolute Gasteiger partial charge is 0.494 e. The Kier molecular flexibility index (Phi) is 9.27. The van der Waals surface area contributed by atoms with E-state index in [1.165, 1.54) is 19.3 Å². The summed E-state index contributed by atoms with van der Waals surface area (Å²) in [6, 6.07) is 10.6. The molecule has 2 N–H and O–H groups in total. The molecule has 0 saturated heterocycles. The van der Waals surface area contributed by atoms with Crippen LogP contribution in [0.3, 0.4) is 0 Å². The van der Waals surface area contributed by atoms with Crippen molar-refractivity contribution in [2.45, 2.75) is 38.6 Å². The average Bonchev–Trinajstić information content (AvgIpc) is 3.25. The van der Waals surface area contributed by atoms with E-state index in [9.17, 15) is 0 Å². The van der Waals surface area contributed by atoms with Crippen molar-refractivity contribution in [1.29, 1.82) is 0 Å². The maximum Gasteiger partial charge on any atom is 0.191 e. The maximum absolute atomic E-state index is 5.66. The summed E-state index contributed by atoms with van der Waals surface area (Å²) in [6.45, 7) is 3.84. The smallest absolute Gasteiger partial charge is 0.191 e. The van der Waals surface area contributed by atoms with Crippen LogP contribution >= 0.6 is 24.0 Å². The number of ether oxygens (including phenoxy) is 1. The molecule has 1 aliphatic carbocycles. The van der Waals surface area contributed by atoms with Gasteiger partial charge in [0.2, 0.25) is 0 Å². The second-order valence-corrected chi connectivity index (χ2v) is 5.55. The lowest BCUT2D eigenvalue weighted by Gasteiger charge is -2.12. The van der Waals surface area contributed by atoms with Gasteiger partial charge >= 0.3 is 0 Å². The molecule has 1 fully saturated rings. The first-order chi connectivity index (χ1) is 10.3. The first-order valence-corrected chi connectivity index (χ1v) is 7.98. The zero-order valence-electron chi connectivity index (χ0n) is 13.5. The van der Waals surface area contributed by atoms with Crippen LogP contribution in [0.5, 0.6) is 5.75 Å². The molecular formula is C17H28IN3O. The van der Waals surface area contributed by atoms with E-state index in [2.05, 4.69) is 22.5 Å². The van der Waals surface area contributed by atoms with Gasteiger partial charge in [-0.25, -0.2) is 0 Å². The molecule has 22 heavy (non-hydrogen) atoms. The summed E-state index contributed by atoms with van der Waals surface area (Å²) < 4.78 is 5.66. The lowest BCUT2D eigenvalue weighted by Crippen LogP contribution is -2.39. The Balaban J connectivity index is 0.00000242. The Morgan fingerprint density at radius 1 is 1.32 bits per heavy atom. The van der Waals surface area contributed by atoms with Crippen LogP contribution in [0, 0.1) is 5.92 Å². The van der Waals surface area contributed by atoms with Crippen molar-refractivity contribution in [3.05, 3.63) is 30.3 Å². The molecule has 2 unspecified atom stereocenters. The van der Waals surface area contributed by atoms with Gasteiger partial charge in [0.15, 0.2) is 5.96 Å². The predicted molar refractivity (Wildman–Crippen MR) is 103 cm³/mol. The van der Waals surface area contributed by atoms with E-state index in [0.717, 1.165) is 37.2 Å². The summed E-state index contributed by atoms with van der Waals surface area (Å²) in [5, 5.41) is 6.83. The van der Waals surface area contributed by atoms with Crippen molar-refractivity contribution in [1.82, 2.24) is 10.6 Å². The van der Waals surface area contributed by atoms with Crippen molar-refractivity contribution in [2.24, 2.45) is 10.9 Å². The number of aliphatic imine (C=N–C) groups is 1. The topological polar surface area (TPSA) is 45.7 Å². The molecule has 2 atom stereocenters. The SMILES string of the molecule is CCCC1CC1NC(=NC)NCCCOc1ccccc1.I. The van der Waals surface area contributed by atoms with E-state index in [4.69, 9.17) is 4.74 Å². The number of halogens is 1. The fraction of sp³-hybridized carbons (Fsp3) is 0.588. The molecule has 0 radical (unpaired) electrons. The predicted octanol–water partition coefficient (Wildman–Crippen LogP) is 3.43. The minimum absolute atomic E-state index is 0. The van der Waals surface area contributed by atoms with E-state index < -0.39 is 0 Å². The number of nitrogens with zero attached hydrogens (tertiary/aromatic N) is 1. The molecule has 0 spiro atoms. The molecule has 2 rings (SSSR count). The van der Waals surface area contributed by atoms with Gasteiger partial charge < -0.3 is 15.4 Å². The van der Waals surface area contributed by atoms with Gasteiger partial charge in [0.25, 0.3) is 0 Å². The van der Waals surface area contributed by atoms with E-state index in [-0.39, 0.29) is 24.0 Å². The Morgan fingerprint density at radius 2 is 2.09 bits per heavy atom. The monoisotopic (exact) mass is 417 g/mol. The third-order valence-corrected chi connectivity index (χ3v) is 3.75. The fourth-order valence-electron chi connectivity index (χ4n) is 2.47. The normalized spacial score (nSPS) is 20.0. The van der Waals surface area contributed by atoms with Crippen LogP contribution in [0.15, 0.2) is 35.3 Å². The van der Waals surface area contributed by atoms with Crippen LogP contribution in [0.2, 0.25) is 0 Å². The van der Waals surface area contributed by atoms with E-state index >= 15 is 0 Å². The third-order valence-electron chi connectivity index (χ3n) is 3.75. The highest BCUT2D eigenvalue weighted by molar-refractivity contribution is 14.0. The Bertz CT molecular complexity index is 439. The van der Waals surface area contributed by atoms with Crippen molar-refractivity contribution >= 4 is 29.9 Å². The van der Waals surface area contributed by atoms with Crippen LogP contribution in [-0.4, -0.2) is 32.2 Å². The van der Waals surface area contributed by atoms with Gasteiger partial charge in [0, 0.05) is 19.6 Å². The minimum atomic E-state index is 0. The van der Waals surface area contributed by atoms with Crippen molar-refractivity contribution in [3.8, 4) is 5.75 Å². The van der Waals surface area contributed by atoms with Crippen LogP contribution < -0.4 is 15.4 Å². The lowest BCUT2D eigenvalue weighted by atomic mass is 10.2. The Morgan fingerprint density at radius 3 is 2.77 bits per heavy atom. The van der Waals surface area contributed by atoms with E-state index in [1.54, 1.807) is 0 Å². The number of hydrogen-bond acceptors (Lipinski definition) is 2. The highest BCUT2D eigenvalue weighted by Gasteiger charge is 2.36. The standard InChI is InChI=1S/C17H27N3O.HI/c1-3-8-14-13-16(14)20-17(18-2)19-11-7-12-21-15-9-5-4-6-10-15;/h4-6,9-10,14,16H,3,7-8,11-13H2,1-2H3,(H2,18,19,20);1H. The fourth-order valence-corrected chi connectivity index (χ4v) is 2.47. The molecule has 1 aromatic carbocycles. The summed E-state index contributed by atoms with van der Waals surface area (Å²) in [6.07, 6.45) is 4.83. The summed E-state index contributed by atoms with van der Waals surface area (Å²) in [5.74, 6) is 2.69. The van der Waals surface area contributed by atoms with Crippen molar-refractivity contribution in [2.75, 3.05) is 20.2 Å². The molecule has 4 nitrogen and oxygen atoms in total. The lowest BCUT2D eigenvalue weighted by molar-refractivity contribution is 0.311. The third kappa shape index (κ3) is 6.85. The number of para-hydroxylation sites is 1. The first kappa shape index (κ1) is 19.1. The van der Waals surface area contributed by atoms with E-state index in [0.29, 0.717) is 6.04 Å². The molecule has 5 heteroatoms. The number of rotatable bonds is 8. The number of guanidine groups is 1. The van der Waals surface area contributed by atoms with Crippen molar-refractivity contribution < 1.29 is 4.74 Å². The molecular weight excluding hydrogens is 389 g/mol. The van der Waals surface area contributed by atoms with Gasteiger partial charge in [0.05, 0.1) is 6.61 Å². The number of hydrogen-bond donors (Lipinski definition) is 2. The first-order valence-electron chi connectivity index (χ1n) is 7.98. The zero-order valence-corrected chi connectivity index (χ0v) is 15.9. The van der Waals surface area contributed by atoms with Gasteiger partial charge in [-0.15, -0.1) is 24.0 Å². The average molecular weight is 417 g/mol. The molecule has 0 aliphatic heterocycles. The molecule has 0 aromatic heterocycles. The zero-order chi connectivity index (χ0) is 14.9. The van der Waals surface area contributed by atoms with Gasteiger partial charge in [-0.05, 0) is 37.3 Å². The van der Waals surface area contributed by atoms with Crippen LogP contribution in [-0.2, 0) is 0 Å². The molecule has 0 bridgehead atoms. The second kappa shape index (κ2) is 10.7. The summed E-state index contributed by atoms with van der Waals surface area (Å²) in [7, 11) is 1.83. The molecule has 1 saturated carbocycles. The summed E-state index contributed by atoms with van der Waals surface area (Å²) in [4.78, 5) is 4.27. The number of benzene rings is 1. The molecule has 0 heterocycles. The molecule has 0 amide bonds. The highest BCUT2D eigenvalue weighted by atomic mass is 127. The van der Waals surface area contributed by atoms with Gasteiger partial charge in [-0.1, -0.05) is 31.5 Å².